The first kappa shape index (κ1) is 9.52. The summed E-state index contributed by atoms with van der Waals surface area (Å²) in [6, 6.07) is 13.2. The first-order chi connectivity index (χ1) is 7.27. The number of ether oxygens (including phenoxy) is 1. The molecule has 2 aromatic carbocycles. The van der Waals surface area contributed by atoms with Crippen molar-refractivity contribution >= 4 is 16.7 Å². The molecule has 0 amide bonds. The maximum absolute atomic E-state index is 10.3. The minimum absolute atomic E-state index is 0.423. The maximum Gasteiger partial charge on any atom is 0.128 e. The van der Waals surface area contributed by atoms with E-state index in [9.17, 15) is 9.90 Å². The van der Waals surface area contributed by atoms with Gasteiger partial charge in [-0.3, -0.25) is 0 Å². The monoisotopic (exact) mass is 201 g/mol. The fourth-order valence-electron chi connectivity index (χ4n) is 1.46. The normalized spacial score (nSPS) is 10.1. The Kier molecular flexibility index (Phi) is 2.54. The molecule has 0 aliphatic rings. The lowest BCUT2D eigenvalue weighted by atomic mass is 10.1. The van der Waals surface area contributed by atoms with Crippen molar-refractivity contribution < 1.29 is 14.6 Å². The van der Waals surface area contributed by atoms with E-state index in [2.05, 4.69) is 0 Å². The summed E-state index contributed by atoms with van der Waals surface area (Å²) in [5.41, 5.74) is 0. The molecule has 0 saturated carbocycles. The molecule has 0 fully saturated rings. The van der Waals surface area contributed by atoms with E-state index in [-0.39, 0.29) is 0 Å². The summed E-state index contributed by atoms with van der Waals surface area (Å²) in [6.45, 7) is -0.423. The van der Waals surface area contributed by atoms with Gasteiger partial charge in [0.15, 0.2) is 0 Å². The van der Waals surface area contributed by atoms with Crippen LogP contribution in [-0.2, 0) is 4.79 Å². The van der Waals surface area contributed by atoms with Gasteiger partial charge in [0, 0.05) is 5.39 Å². The second-order valence-corrected chi connectivity index (χ2v) is 3.14. The molecular weight excluding hydrogens is 192 g/mol. The predicted octanol–water partition coefficient (Wildman–Crippen LogP) is 0.968. The molecule has 0 spiro atoms. The third-order valence-corrected chi connectivity index (χ3v) is 2.10. The van der Waals surface area contributed by atoms with Crippen LogP contribution in [0, 0.1) is 0 Å². The topological polar surface area (TPSA) is 49.4 Å². The fraction of sp³-hybridized carbons (Fsp3) is 0.0833. The Morgan fingerprint density at radius 1 is 1.13 bits per heavy atom. The molecule has 3 heteroatoms. The molecule has 0 heterocycles. The van der Waals surface area contributed by atoms with E-state index in [1.54, 1.807) is 6.07 Å². The Labute approximate surface area is 86.9 Å². The molecule has 15 heavy (non-hydrogen) atoms. The lowest BCUT2D eigenvalue weighted by molar-refractivity contribution is -0.307. The van der Waals surface area contributed by atoms with E-state index < -0.39 is 12.6 Å². The van der Waals surface area contributed by atoms with Gasteiger partial charge in [-0.15, -0.1) is 0 Å². The molecule has 0 aliphatic carbocycles. The van der Waals surface area contributed by atoms with Crippen molar-refractivity contribution in [2.75, 3.05) is 6.61 Å². The van der Waals surface area contributed by atoms with Crippen LogP contribution < -0.4 is 9.84 Å². The molecule has 0 saturated heterocycles. The first-order valence-corrected chi connectivity index (χ1v) is 4.58. The minimum Gasteiger partial charge on any atom is -0.546 e. The fourth-order valence-corrected chi connectivity index (χ4v) is 1.46. The molecule has 2 rings (SSSR count). The molecule has 0 N–H and O–H groups in total. The van der Waals surface area contributed by atoms with Crippen LogP contribution in [-0.4, -0.2) is 12.6 Å². The summed E-state index contributed by atoms with van der Waals surface area (Å²) in [6.07, 6.45) is 0. The Hall–Kier alpha value is -2.03. The van der Waals surface area contributed by atoms with Gasteiger partial charge in [-0.05, 0) is 11.5 Å². The molecular formula is C12H9O3-. The smallest absolute Gasteiger partial charge is 0.128 e. The molecule has 76 valence electrons. The van der Waals surface area contributed by atoms with Gasteiger partial charge < -0.3 is 14.6 Å². The van der Waals surface area contributed by atoms with Crippen molar-refractivity contribution in [2.24, 2.45) is 0 Å². The van der Waals surface area contributed by atoms with Gasteiger partial charge in [0.05, 0.1) is 5.97 Å². The van der Waals surface area contributed by atoms with Gasteiger partial charge in [-0.2, -0.15) is 0 Å². The number of fused-ring (bicyclic) bond motifs is 1. The number of hydrogen-bond acceptors (Lipinski definition) is 3. The molecule has 0 aliphatic heterocycles. The van der Waals surface area contributed by atoms with E-state index in [4.69, 9.17) is 4.74 Å². The number of carboxylic acid groups (broad SMARTS) is 1. The van der Waals surface area contributed by atoms with Crippen LogP contribution >= 0.6 is 0 Å². The van der Waals surface area contributed by atoms with Crippen LogP contribution in [0.3, 0.4) is 0 Å². The highest BCUT2D eigenvalue weighted by Crippen LogP contribution is 2.24. The van der Waals surface area contributed by atoms with Gasteiger partial charge in [0.25, 0.3) is 0 Å². The zero-order valence-electron chi connectivity index (χ0n) is 7.97. The number of hydrogen-bond donors (Lipinski definition) is 0. The molecule has 0 radical (unpaired) electrons. The lowest BCUT2D eigenvalue weighted by Crippen LogP contribution is -2.28. The van der Waals surface area contributed by atoms with E-state index in [1.165, 1.54) is 0 Å². The highest BCUT2D eigenvalue weighted by molar-refractivity contribution is 5.88. The molecule has 3 nitrogen and oxygen atoms in total. The van der Waals surface area contributed by atoms with Gasteiger partial charge in [0.1, 0.15) is 12.4 Å². The summed E-state index contributed by atoms with van der Waals surface area (Å²) < 4.78 is 5.12. The second kappa shape index (κ2) is 4.00. The van der Waals surface area contributed by atoms with Crippen molar-refractivity contribution in [3.63, 3.8) is 0 Å². The molecule has 0 bridgehead atoms. The van der Waals surface area contributed by atoms with Crippen LogP contribution in [0.2, 0.25) is 0 Å². The quantitative estimate of drug-likeness (QED) is 0.743. The average molecular weight is 201 g/mol. The third kappa shape index (κ3) is 2.07. The Bertz CT molecular complexity index is 486. The second-order valence-electron chi connectivity index (χ2n) is 3.14. The van der Waals surface area contributed by atoms with Gasteiger partial charge >= 0.3 is 0 Å². The number of carbonyl (C=O) groups is 1. The largest absolute Gasteiger partial charge is 0.546 e. The van der Waals surface area contributed by atoms with Crippen molar-refractivity contribution in [3.8, 4) is 5.75 Å². The zero-order chi connectivity index (χ0) is 10.7. The standard InChI is InChI=1S/C12H10O3/c13-12(14)8-15-11-7-3-5-9-4-1-2-6-10(9)11/h1-7H,8H2,(H,13,14)/p-1. The number of rotatable bonds is 3. The molecule has 0 aromatic heterocycles. The Morgan fingerprint density at radius 3 is 2.67 bits per heavy atom. The number of benzene rings is 2. The molecule has 0 unspecified atom stereocenters. The molecule has 0 atom stereocenters. The zero-order valence-corrected chi connectivity index (χ0v) is 7.97. The van der Waals surface area contributed by atoms with Crippen LogP contribution in [0.25, 0.3) is 10.8 Å². The summed E-state index contributed by atoms with van der Waals surface area (Å²) in [4.78, 5) is 10.3. The van der Waals surface area contributed by atoms with Gasteiger partial charge in [-0.25, -0.2) is 0 Å². The van der Waals surface area contributed by atoms with Crippen molar-refractivity contribution in [3.05, 3.63) is 42.5 Å². The Morgan fingerprint density at radius 2 is 1.87 bits per heavy atom. The summed E-state index contributed by atoms with van der Waals surface area (Å²) >= 11 is 0. The average Bonchev–Trinajstić information content (AvgIpc) is 2.26. The van der Waals surface area contributed by atoms with Crippen LogP contribution in [0.1, 0.15) is 0 Å². The summed E-state index contributed by atoms with van der Waals surface area (Å²) in [5, 5.41) is 12.2. The number of carbonyl (C=O) groups excluding carboxylic acids is 1. The highest BCUT2D eigenvalue weighted by Gasteiger charge is 2.00. The highest BCUT2D eigenvalue weighted by atomic mass is 16.5. The predicted molar refractivity (Wildman–Crippen MR) is 54.5 cm³/mol. The summed E-state index contributed by atoms with van der Waals surface area (Å²) in [7, 11) is 0. The van der Waals surface area contributed by atoms with E-state index in [1.807, 2.05) is 36.4 Å². The van der Waals surface area contributed by atoms with E-state index >= 15 is 0 Å². The minimum atomic E-state index is -1.22. The maximum atomic E-state index is 10.3. The third-order valence-electron chi connectivity index (χ3n) is 2.10. The number of aliphatic carboxylic acids is 1. The molecule has 2 aromatic rings. The van der Waals surface area contributed by atoms with Crippen molar-refractivity contribution in [2.45, 2.75) is 0 Å². The van der Waals surface area contributed by atoms with E-state index in [0.29, 0.717) is 5.75 Å². The van der Waals surface area contributed by atoms with E-state index in [0.717, 1.165) is 10.8 Å². The number of carboxylic acids is 1. The van der Waals surface area contributed by atoms with Crippen molar-refractivity contribution in [1.82, 2.24) is 0 Å². The SMILES string of the molecule is O=C([O-])COc1cccc2ccccc12. The van der Waals surface area contributed by atoms with Crippen molar-refractivity contribution in [1.29, 1.82) is 0 Å². The van der Waals surface area contributed by atoms with Gasteiger partial charge in [0.2, 0.25) is 0 Å². The summed E-state index contributed by atoms with van der Waals surface area (Å²) in [5.74, 6) is -0.653. The van der Waals surface area contributed by atoms with Gasteiger partial charge in [-0.1, -0.05) is 36.4 Å². The van der Waals surface area contributed by atoms with Crippen LogP contribution in [0.4, 0.5) is 0 Å². The first-order valence-electron chi connectivity index (χ1n) is 4.58. The van der Waals surface area contributed by atoms with Crippen LogP contribution in [0.15, 0.2) is 42.5 Å². The Balaban J connectivity index is 2.38. The lowest BCUT2D eigenvalue weighted by Gasteiger charge is -2.09. The van der Waals surface area contributed by atoms with Crippen LogP contribution in [0.5, 0.6) is 5.75 Å².